The molecule has 0 spiro atoms. The van der Waals surface area contributed by atoms with Gasteiger partial charge in [-0.2, -0.15) is 13.2 Å². The van der Waals surface area contributed by atoms with Gasteiger partial charge in [-0.15, -0.1) is 11.6 Å². The highest BCUT2D eigenvalue weighted by Crippen LogP contribution is 2.35. The Morgan fingerprint density at radius 1 is 1.20 bits per heavy atom. The van der Waals surface area contributed by atoms with Crippen LogP contribution >= 0.6 is 11.6 Å². The van der Waals surface area contributed by atoms with Gasteiger partial charge in [-0.25, -0.2) is 0 Å². The van der Waals surface area contributed by atoms with E-state index in [9.17, 15) is 13.2 Å². The number of benzene rings is 1. The van der Waals surface area contributed by atoms with E-state index >= 15 is 0 Å². The van der Waals surface area contributed by atoms with Crippen molar-refractivity contribution in [2.45, 2.75) is 45.3 Å². The van der Waals surface area contributed by atoms with Gasteiger partial charge < -0.3 is 4.90 Å². The number of anilines is 1. The normalized spacial score (nSPS) is 13.7. The molecule has 0 saturated heterocycles. The lowest BCUT2D eigenvalue weighted by molar-refractivity contribution is -0.138. The summed E-state index contributed by atoms with van der Waals surface area (Å²) in [6, 6.07) is 4.53. The fraction of sp³-hybridized carbons (Fsp3) is 0.600. The van der Waals surface area contributed by atoms with Gasteiger partial charge in [-0.3, -0.25) is 0 Å². The maximum atomic E-state index is 13.0. The Morgan fingerprint density at radius 3 is 2.25 bits per heavy atom. The van der Waals surface area contributed by atoms with Gasteiger partial charge in [0.05, 0.1) is 5.56 Å². The van der Waals surface area contributed by atoms with Gasteiger partial charge in [0.15, 0.2) is 0 Å². The Balaban J connectivity index is 3.08. The van der Waals surface area contributed by atoms with E-state index in [0.29, 0.717) is 11.6 Å². The van der Waals surface area contributed by atoms with Crippen LogP contribution in [0.25, 0.3) is 0 Å². The first-order chi connectivity index (χ1) is 9.16. The molecule has 0 amide bonds. The second-order valence-corrected chi connectivity index (χ2v) is 5.83. The molecule has 0 aliphatic heterocycles. The molecule has 0 N–H and O–H groups in total. The summed E-state index contributed by atoms with van der Waals surface area (Å²) < 4.78 is 39.0. The van der Waals surface area contributed by atoms with E-state index in [1.54, 1.807) is 6.07 Å². The molecule has 1 rings (SSSR count). The standard InChI is InChI=1S/C15H21ClF3N/c1-10(2)7-11(3)20(4)13-6-5-12(9-16)14(8-13)15(17,18)19/h5-6,8,10-11H,7,9H2,1-4H3. The maximum Gasteiger partial charge on any atom is 0.416 e. The zero-order valence-corrected chi connectivity index (χ0v) is 13.0. The molecule has 0 aromatic heterocycles. The molecule has 5 heteroatoms. The van der Waals surface area contributed by atoms with E-state index in [4.69, 9.17) is 11.6 Å². The van der Waals surface area contributed by atoms with Crippen molar-refractivity contribution >= 4 is 17.3 Å². The molecule has 1 aromatic rings. The molecule has 0 aliphatic carbocycles. The smallest absolute Gasteiger partial charge is 0.372 e. The molecule has 114 valence electrons. The quantitative estimate of drug-likeness (QED) is 0.666. The van der Waals surface area contributed by atoms with Crippen LogP contribution in [0.5, 0.6) is 0 Å². The average molecular weight is 308 g/mol. The van der Waals surface area contributed by atoms with E-state index in [1.165, 1.54) is 12.1 Å². The minimum absolute atomic E-state index is 0.118. The topological polar surface area (TPSA) is 3.24 Å². The molecule has 1 unspecified atom stereocenters. The highest BCUT2D eigenvalue weighted by molar-refractivity contribution is 6.17. The molecule has 0 fully saturated rings. The SMILES string of the molecule is CC(C)CC(C)N(C)c1ccc(CCl)c(C(F)(F)F)c1. The lowest BCUT2D eigenvalue weighted by Crippen LogP contribution is -2.30. The van der Waals surface area contributed by atoms with Crippen molar-refractivity contribution in [2.75, 3.05) is 11.9 Å². The van der Waals surface area contributed by atoms with Crippen LogP contribution in [0.4, 0.5) is 18.9 Å². The minimum atomic E-state index is -4.37. The zero-order chi connectivity index (χ0) is 15.5. The fourth-order valence-electron chi connectivity index (χ4n) is 2.26. The van der Waals surface area contributed by atoms with E-state index in [-0.39, 0.29) is 17.5 Å². The average Bonchev–Trinajstić information content (AvgIpc) is 2.35. The first kappa shape index (κ1) is 17.2. The Labute approximate surface area is 123 Å². The number of hydrogen-bond acceptors (Lipinski definition) is 1. The molecule has 0 bridgehead atoms. The highest BCUT2D eigenvalue weighted by atomic mass is 35.5. The van der Waals surface area contributed by atoms with Crippen molar-refractivity contribution in [1.82, 2.24) is 0 Å². The molecule has 1 atom stereocenters. The summed E-state index contributed by atoms with van der Waals surface area (Å²) in [4.78, 5) is 1.88. The van der Waals surface area contributed by atoms with E-state index < -0.39 is 11.7 Å². The maximum absolute atomic E-state index is 13.0. The van der Waals surface area contributed by atoms with Gasteiger partial charge in [0.1, 0.15) is 0 Å². The second kappa shape index (κ2) is 6.70. The van der Waals surface area contributed by atoms with Crippen LogP contribution in [0.1, 0.15) is 38.3 Å². The minimum Gasteiger partial charge on any atom is -0.372 e. The van der Waals surface area contributed by atoms with Crippen molar-refractivity contribution in [3.8, 4) is 0 Å². The molecule has 20 heavy (non-hydrogen) atoms. The van der Waals surface area contributed by atoms with Gasteiger partial charge in [0, 0.05) is 24.7 Å². The third kappa shape index (κ3) is 4.30. The van der Waals surface area contributed by atoms with Crippen molar-refractivity contribution in [1.29, 1.82) is 0 Å². The second-order valence-electron chi connectivity index (χ2n) is 5.56. The lowest BCUT2D eigenvalue weighted by atomic mass is 10.0. The van der Waals surface area contributed by atoms with Gasteiger partial charge >= 0.3 is 6.18 Å². The molecule has 0 radical (unpaired) electrons. The largest absolute Gasteiger partial charge is 0.416 e. The van der Waals surface area contributed by atoms with Crippen LogP contribution in [0, 0.1) is 5.92 Å². The summed E-state index contributed by atoms with van der Waals surface area (Å²) in [5.41, 5.74) is 0.0424. The predicted octanol–water partition coefficient (Wildman–Crippen LogP) is 5.32. The number of rotatable bonds is 5. The fourth-order valence-corrected chi connectivity index (χ4v) is 2.49. The van der Waals surface area contributed by atoms with Crippen molar-refractivity contribution in [3.05, 3.63) is 29.3 Å². The van der Waals surface area contributed by atoms with Crippen LogP contribution in [0.3, 0.4) is 0 Å². The number of nitrogens with zero attached hydrogens (tertiary/aromatic N) is 1. The van der Waals surface area contributed by atoms with Crippen molar-refractivity contribution < 1.29 is 13.2 Å². The summed E-state index contributed by atoms with van der Waals surface area (Å²) in [7, 11) is 1.82. The number of halogens is 4. The Hall–Kier alpha value is -0.900. The van der Waals surface area contributed by atoms with Crippen LogP contribution in [-0.4, -0.2) is 13.1 Å². The van der Waals surface area contributed by atoms with E-state index in [2.05, 4.69) is 13.8 Å². The van der Waals surface area contributed by atoms with Gasteiger partial charge in [0.25, 0.3) is 0 Å². The van der Waals surface area contributed by atoms with Gasteiger partial charge in [0.2, 0.25) is 0 Å². The zero-order valence-electron chi connectivity index (χ0n) is 12.3. The molecule has 1 nitrogen and oxygen atoms in total. The number of alkyl halides is 4. The Kier molecular flexibility index (Phi) is 5.75. The lowest BCUT2D eigenvalue weighted by Gasteiger charge is -2.29. The van der Waals surface area contributed by atoms with Crippen LogP contribution < -0.4 is 4.90 Å². The van der Waals surface area contributed by atoms with Crippen molar-refractivity contribution in [2.24, 2.45) is 5.92 Å². The summed E-state index contributed by atoms with van der Waals surface area (Å²) >= 11 is 5.59. The first-order valence-electron chi connectivity index (χ1n) is 6.65. The highest BCUT2D eigenvalue weighted by Gasteiger charge is 2.33. The van der Waals surface area contributed by atoms with E-state index in [0.717, 1.165) is 6.42 Å². The summed E-state index contributed by atoms with van der Waals surface area (Å²) in [6.07, 6.45) is -3.45. The Morgan fingerprint density at radius 2 is 1.80 bits per heavy atom. The number of hydrogen-bond donors (Lipinski definition) is 0. The summed E-state index contributed by atoms with van der Waals surface area (Å²) in [5.74, 6) is 0.358. The summed E-state index contributed by atoms with van der Waals surface area (Å²) in [5, 5.41) is 0. The third-order valence-electron chi connectivity index (χ3n) is 3.42. The molecule has 1 aromatic carbocycles. The molecule has 0 saturated carbocycles. The van der Waals surface area contributed by atoms with Gasteiger partial charge in [-0.05, 0) is 37.0 Å². The predicted molar refractivity (Wildman–Crippen MR) is 78.3 cm³/mol. The first-order valence-corrected chi connectivity index (χ1v) is 7.19. The Bertz CT molecular complexity index is 443. The molecular formula is C15H21ClF3N. The molecular weight excluding hydrogens is 287 g/mol. The third-order valence-corrected chi connectivity index (χ3v) is 3.71. The van der Waals surface area contributed by atoms with Crippen LogP contribution in [0.2, 0.25) is 0 Å². The van der Waals surface area contributed by atoms with Crippen LogP contribution in [-0.2, 0) is 12.1 Å². The molecule has 0 aliphatic rings. The molecule has 0 heterocycles. The van der Waals surface area contributed by atoms with Gasteiger partial charge in [-0.1, -0.05) is 19.9 Å². The van der Waals surface area contributed by atoms with Crippen LogP contribution in [0.15, 0.2) is 18.2 Å². The van der Waals surface area contributed by atoms with Crippen molar-refractivity contribution in [3.63, 3.8) is 0 Å². The summed E-state index contributed by atoms with van der Waals surface area (Å²) in [6.45, 7) is 6.22. The monoisotopic (exact) mass is 307 g/mol. The van der Waals surface area contributed by atoms with E-state index in [1.807, 2.05) is 18.9 Å².